The van der Waals surface area contributed by atoms with Crippen molar-refractivity contribution in [2.75, 3.05) is 13.7 Å². The zero-order valence-corrected chi connectivity index (χ0v) is 14.5. The fourth-order valence-electron chi connectivity index (χ4n) is 1.90. The topological polar surface area (TPSA) is 59.9 Å². The maximum Gasteiger partial charge on any atom is 0.271 e. The summed E-state index contributed by atoms with van der Waals surface area (Å²) in [5.74, 6) is 1.01. The molecule has 0 spiro atoms. The van der Waals surface area contributed by atoms with Gasteiger partial charge in [-0.15, -0.1) is 0 Å². The first kappa shape index (κ1) is 17.0. The summed E-state index contributed by atoms with van der Waals surface area (Å²) in [6.45, 7) is 2.44. The maximum atomic E-state index is 12.0. The van der Waals surface area contributed by atoms with Gasteiger partial charge in [0.25, 0.3) is 5.91 Å². The summed E-state index contributed by atoms with van der Waals surface area (Å²) in [4.78, 5) is 12.0. The highest BCUT2D eigenvalue weighted by Crippen LogP contribution is 2.27. The van der Waals surface area contributed by atoms with Crippen LogP contribution >= 0.6 is 15.9 Å². The molecule has 0 fully saturated rings. The molecule has 0 bridgehead atoms. The summed E-state index contributed by atoms with van der Waals surface area (Å²) in [6, 6.07) is 12.5. The molecule has 2 aromatic rings. The molecule has 0 heterocycles. The number of benzene rings is 2. The van der Waals surface area contributed by atoms with Crippen LogP contribution in [-0.2, 0) is 0 Å². The average molecular weight is 377 g/mol. The minimum atomic E-state index is -0.277. The standard InChI is InChI=1S/C17H17BrN2O3/c1-3-23-16-9-12(7-8-15(16)22-2)11-19-20-17(21)13-5-4-6-14(18)10-13/h4-11H,3H2,1-2H3,(H,20,21)/b19-11+. The third kappa shape index (κ3) is 4.82. The second-order valence-corrected chi connectivity index (χ2v) is 5.47. The Bertz CT molecular complexity index is 717. The highest BCUT2D eigenvalue weighted by atomic mass is 79.9. The summed E-state index contributed by atoms with van der Waals surface area (Å²) in [5.41, 5.74) is 3.82. The van der Waals surface area contributed by atoms with Gasteiger partial charge in [0, 0.05) is 10.0 Å². The number of rotatable bonds is 6. The highest BCUT2D eigenvalue weighted by Gasteiger charge is 2.05. The van der Waals surface area contributed by atoms with Gasteiger partial charge in [-0.25, -0.2) is 5.43 Å². The Morgan fingerprint density at radius 2 is 2.09 bits per heavy atom. The third-order valence-corrected chi connectivity index (χ3v) is 3.45. The Labute approximate surface area is 143 Å². The van der Waals surface area contributed by atoms with Crippen LogP contribution in [0.2, 0.25) is 0 Å². The number of ether oxygens (including phenoxy) is 2. The van der Waals surface area contributed by atoms with E-state index in [0.29, 0.717) is 23.7 Å². The molecular weight excluding hydrogens is 360 g/mol. The van der Waals surface area contributed by atoms with Gasteiger partial charge in [-0.2, -0.15) is 5.10 Å². The van der Waals surface area contributed by atoms with Crippen molar-refractivity contribution in [3.05, 3.63) is 58.1 Å². The molecule has 0 unspecified atom stereocenters. The molecule has 0 aliphatic rings. The van der Waals surface area contributed by atoms with E-state index in [1.54, 1.807) is 43.7 Å². The monoisotopic (exact) mass is 376 g/mol. The lowest BCUT2D eigenvalue weighted by atomic mass is 10.2. The fraction of sp³-hybridized carbons (Fsp3) is 0.176. The number of halogens is 1. The second-order valence-electron chi connectivity index (χ2n) is 4.55. The van der Waals surface area contributed by atoms with Crippen LogP contribution in [0.25, 0.3) is 0 Å². The molecule has 6 heteroatoms. The number of hydrogen-bond donors (Lipinski definition) is 1. The summed E-state index contributed by atoms with van der Waals surface area (Å²) in [7, 11) is 1.59. The van der Waals surface area contributed by atoms with Crippen molar-refractivity contribution in [1.29, 1.82) is 0 Å². The predicted molar refractivity (Wildman–Crippen MR) is 93.4 cm³/mol. The molecule has 0 aromatic heterocycles. The Kier molecular flexibility index (Phi) is 6.17. The van der Waals surface area contributed by atoms with Crippen molar-refractivity contribution in [3.63, 3.8) is 0 Å². The zero-order valence-electron chi connectivity index (χ0n) is 12.9. The van der Waals surface area contributed by atoms with Gasteiger partial charge in [0.15, 0.2) is 11.5 Å². The molecule has 2 rings (SSSR count). The number of carbonyl (C=O) groups is 1. The number of hydrazone groups is 1. The molecular formula is C17H17BrN2O3. The van der Waals surface area contributed by atoms with Crippen LogP contribution in [0.3, 0.4) is 0 Å². The first-order valence-corrected chi connectivity index (χ1v) is 7.83. The van der Waals surface area contributed by atoms with Crippen molar-refractivity contribution < 1.29 is 14.3 Å². The van der Waals surface area contributed by atoms with Gasteiger partial charge in [-0.05, 0) is 48.9 Å². The van der Waals surface area contributed by atoms with E-state index in [1.165, 1.54) is 0 Å². The van der Waals surface area contributed by atoms with E-state index >= 15 is 0 Å². The van der Waals surface area contributed by atoms with Crippen LogP contribution in [0.4, 0.5) is 0 Å². The van der Waals surface area contributed by atoms with Crippen LogP contribution < -0.4 is 14.9 Å². The molecule has 120 valence electrons. The molecule has 2 aromatic carbocycles. The number of methoxy groups -OCH3 is 1. The molecule has 0 aliphatic heterocycles. The third-order valence-electron chi connectivity index (χ3n) is 2.95. The minimum Gasteiger partial charge on any atom is -0.493 e. The zero-order chi connectivity index (χ0) is 16.7. The lowest BCUT2D eigenvalue weighted by Crippen LogP contribution is -2.17. The number of nitrogens with zero attached hydrogens (tertiary/aromatic N) is 1. The molecule has 1 amide bonds. The van der Waals surface area contributed by atoms with Crippen LogP contribution in [0.15, 0.2) is 52.0 Å². The molecule has 0 saturated carbocycles. The summed E-state index contributed by atoms with van der Waals surface area (Å²) in [6.07, 6.45) is 1.55. The van der Waals surface area contributed by atoms with E-state index < -0.39 is 0 Å². The van der Waals surface area contributed by atoms with Gasteiger partial charge in [0.05, 0.1) is 19.9 Å². The van der Waals surface area contributed by atoms with Crippen molar-refractivity contribution in [3.8, 4) is 11.5 Å². The quantitative estimate of drug-likeness (QED) is 0.618. The van der Waals surface area contributed by atoms with Crippen molar-refractivity contribution >= 4 is 28.1 Å². The minimum absolute atomic E-state index is 0.277. The van der Waals surface area contributed by atoms with E-state index in [-0.39, 0.29) is 5.91 Å². The van der Waals surface area contributed by atoms with Crippen LogP contribution in [0.5, 0.6) is 11.5 Å². The highest BCUT2D eigenvalue weighted by molar-refractivity contribution is 9.10. The Hall–Kier alpha value is -2.34. The largest absolute Gasteiger partial charge is 0.493 e. The summed E-state index contributed by atoms with van der Waals surface area (Å²) >= 11 is 3.33. The van der Waals surface area contributed by atoms with E-state index in [2.05, 4.69) is 26.5 Å². The summed E-state index contributed by atoms with van der Waals surface area (Å²) < 4.78 is 11.6. The molecule has 0 radical (unpaired) electrons. The number of nitrogens with one attached hydrogen (secondary N) is 1. The smallest absolute Gasteiger partial charge is 0.271 e. The number of amides is 1. The number of hydrogen-bond acceptors (Lipinski definition) is 4. The summed E-state index contributed by atoms with van der Waals surface area (Å²) in [5, 5.41) is 3.97. The average Bonchev–Trinajstić information content (AvgIpc) is 2.55. The molecule has 5 nitrogen and oxygen atoms in total. The SMILES string of the molecule is CCOc1cc(/C=N/NC(=O)c2cccc(Br)c2)ccc1OC. The Morgan fingerprint density at radius 1 is 1.26 bits per heavy atom. The van der Waals surface area contributed by atoms with Crippen LogP contribution in [0.1, 0.15) is 22.8 Å². The molecule has 1 N–H and O–H groups in total. The fourth-order valence-corrected chi connectivity index (χ4v) is 2.30. The van der Waals surface area contributed by atoms with Crippen molar-refractivity contribution in [2.24, 2.45) is 5.10 Å². The predicted octanol–water partition coefficient (Wildman–Crippen LogP) is 3.62. The first-order valence-electron chi connectivity index (χ1n) is 7.04. The van der Waals surface area contributed by atoms with E-state index in [0.717, 1.165) is 10.0 Å². The molecule has 23 heavy (non-hydrogen) atoms. The van der Waals surface area contributed by atoms with E-state index in [4.69, 9.17) is 9.47 Å². The van der Waals surface area contributed by atoms with Crippen LogP contribution in [0, 0.1) is 0 Å². The molecule has 0 atom stereocenters. The first-order chi connectivity index (χ1) is 11.1. The van der Waals surface area contributed by atoms with Crippen molar-refractivity contribution in [2.45, 2.75) is 6.92 Å². The Morgan fingerprint density at radius 3 is 2.78 bits per heavy atom. The normalized spacial score (nSPS) is 10.6. The van der Waals surface area contributed by atoms with Gasteiger partial charge in [-0.1, -0.05) is 22.0 Å². The lowest BCUT2D eigenvalue weighted by molar-refractivity contribution is 0.0955. The number of carbonyl (C=O) groups excluding carboxylic acids is 1. The second kappa shape index (κ2) is 8.33. The maximum absolute atomic E-state index is 12.0. The van der Waals surface area contributed by atoms with Crippen LogP contribution in [-0.4, -0.2) is 25.8 Å². The van der Waals surface area contributed by atoms with Gasteiger partial charge in [0.2, 0.25) is 0 Å². The van der Waals surface area contributed by atoms with Gasteiger partial charge in [-0.3, -0.25) is 4.79 Å². The van der Waals surface area contributed by atoms with Gasteiger partial charge in [0.1, 0.15) is 0 Å². The lowest BCUT2D eigenvalue weighted by Gasteiger charge is -2.09. The van der Waals surface area contributed by atoms with E-state index in [1.807, 2.05) is 19.1 Å². The molecule has 0 aliphatic carbocycles. The van der Waals surface area contributed by atoms with Crippen molar-refractivity contribution in [1.82, 2.24) is 5.43 Å². The van der Waals surface area contributed by atoms with Gasteiger partial charge < -0.3 is 9.47 Å². The molecule has 0 saturated heterocycles. The van der Waals surface area contributed by atoms with E-state index in [9.17, 15) is 4.79 Å². The van der Waals surface area contributed by atoms with Gasteiger partial charge >= 0.3 is 0 Å². The Balaban J connectivity index is 2.05.